The van der Waals surface area contributed by atoms with Crippen molar-refractivity contribution in [1.82, 2.24) is 110 Å². The van der Waals surface area contributed by atoms with Crippen molar-refractivity contribution in [3.05, 3.63) is 262 Å². The first-order valence-electron chi connectivity index (χ1n) is 49.8. The molecule has 4 saturated heterocycles. The number of rotatable bonds is 33. The number of alkyl halides is 15. The Morgan fingerprint density at radius 3 is 1.07 bits per heavy atom. The Kier molecular flexibility index (Phi) is 42.3. The van der Waals surface area contributed by atoms with Crippen molar-refractivity contribution in [3.63, 3.8) is 0 Å². The zero-order valence-electron chi connectivity index (χ0n) is 83.1. The van der Waals surface area contributed by atoms with E-state index >= 15 is 0 Å². The van der Waals surface area contributed by atoms with E-state index in [0.717, 1.165) is 204 Å². The van der Waals surface area contributed by atoms with E-state index in [9.17, 15) is 94.2 Å². The number of para-hydroxylation sites is 1. The van der Waals surface area contributed by atoms with E-state index in [-0.39, 0.29) is 67.0 Å². The molecule has 10 heterocycles. The fourth-order valence-corrected chi connectivity index (χ4v) is 18.8. The Balaban J connectivity index is 0.000000165. The highest BCUT2D eigenvalue weighted by Crippen LogP contribution is 2.38. The van der Waals surface area contributed by atoms with Gasteiger partial charge in [-0.2, -0.15) is 91.3 Å². The molecule has 1 aliphatic carbocycles. The van der Waals surface area contributed by atoms with Crippen LogP contribution >= 0.6 is 34.8 Å². The SMILES string of the molecule is CCCN(CC)CCN(Cc1ccccc1Cl)C(=O)c1cc(C(F)(F)F)[nH]n1.Cc1ccc(CN(CCN2CCCCCC2)C(=O)c2cc(C(F)(F)F)[nH]n2)c(Cl)c1.Cc1cccc(CN(CCN2CCCCCC2)C(=O)c2cc(C(F)(F)F)[nH]n2)c1Cl.O=C(c1cc(C(F)(F)F)[nH]n1)N(CCN1CCCC1)Cc1cccc2c1C(F)=CC2.O=C(c1cc(C(F)(F)F)[nH]n1)N(CCN1CCCCCC1)Cc1cccc2[nH]cnc12. The van der Waals surface area contributed by atoms with Crippen LogP contribution in [0.3, 0.4) is 0 Å². The summed E-state index contributed by atoms with van der Waals surface area (Å²) in [6.07, 6.45) is -2.31. The molecule has 808 valence electrons. The number of aromatic amines is 6. The Morgan fingerprint density at radius 1 is 0.362 bits per heavy atom. The lowest BCUT2D eigenvalue weighted by Gasteiger charge is -2.27. The van der Waals surface area contributed by atoms with Gasteiger partial charge in [-0.25, -0.2) is 9.37 Å². The van der Waals surface area contributed by atoms with Crippen LogP contribution in [0.2, 0.25) is 15.1 Å². The minimum Gasteiger partial charge on any atom is -0.345 e. The molecule has 5 aromatic carbocycles. The maximum absolute atomic E-state index is 14.3. The number of likely N-dealkylation sites (N-methyl/N-ethyl adjacent to an activating group) is 1. The van der Waals surface area contributed by atoms with Crippen LogP contribution in [0.15, 0.2) is 140 Å². The minimum absolute atomic E-state index is 0.102. The van der Waals surface area contributed by atoms with Crippen LogP contribution in [0.1, 0.15) is 241 Å². The molecule has 4 fully saturated rings. The number of carbonyl (C=O) groups is 5. The van der Waals surface area contributed by atoms with Crippen molar-refractivity contribution in [1.29, 1.82) is 0 Å². The van der Waals surface area contributed by atoms with Gasteiger partial charge in [0, 0.05) is 149 Å². The number of aromatic nitrogens is 12. The molecule has 0 spiro atoms. The van der Waals surface area contributed by atoms with Gasteiger partial charge in [0.05, 0.1) is 17.4 Å². The van der Waals surface area contributed by atoms with Gasteiger partial charge in [0.1, 0.15) is 34.3 Å². The summed E-state index contributed by atoms with van der Waals surface area (Å²) in [6, 6.07) is 33.0. The summed E-state index contributed by atoms with van der Waals surface area (Å²) in [7, 11) is 0. The summed E-state index contributed by atoms with van der Waals surface area (Å²) < 4.78 is 208. The largest absolute Gasteiger partial charge is 0.432 e. The van der Waals surface area contributed by atoms with Gasteiger partial charge >= 0.3 is 30.9 Å². The molecule has 0 bridgehead atoms. The Morgan fingerprint density at radius 2 is 0.698 bits per heavy atom. The molecular weight excluding hydrogens is 2040 g/mol. The highest BCUT2D eigenvalue weighted by atomic mass is 35.5. The van der Waals surface area contributed by atoms with E-state index in [1.165, 1.54) is 64.2 Å². The molecule has 149 heavy (non-hydrogen) atoms. The molecule has 27 nitrogen and oxygen atoms in total. The number of hydrogen-bond donors (Lipinski definition) is 6. The molecule has 5 aliphatic rings. The van der Waals surface area contributed by atoms with Gasteiger partial charge in [-0.3, -0.25) is 49.5 Å². The highest BCUT2D eigenvalue weighted by Gasteiger charge is 2.41. The number of hydrogen-bond acceptors (Lipinski definition) is 16. The van der Waals surface area contributed by atoms with Gasteiger partial charge in [-0.15, -0.1) is 0 Å². The molecule has 6 aromatic heterocycles. The summed E-state index contributed by atoms with van der Waals surface area (Å²) in [6.45, 7) is 23.2. The summed E-state index contributed by atoms with van der Waals surface area (Å²) in [4.78, 5) is 91.3. The number of imidazole rings is 1. The Bertz CT molecular complexity index is 6180. The number of H-pyrrole nitrogens is 6. The lowest BCUT2D eigenvalue weighted by molar-refractivity contribution is -0.142. The average molecular weight is 2160 g/mol. The second-order valence-electron chi connectivity index (χ2n) is 37.4. The number of aryl methyl sites for hydroxylation is 2. The van der Waals surface area contributed by atoms with Gasteiger partial charge < -0.3 is 54.0 Å². The zero-order valence-corrected chi connectivity index (χ0v) is 85.4. The maximum Gasteiger partial charge on any atom is 0.432 e. The van der Waals surface area contributed by atoms with Crippen LogP contribution in [-0.4, -0.2) is 270 Å². The monoisotopic (exact) mass is 2160 g/mol. The van der Waals surface area contributed by atoms with Crippen LogP contribution in [-0.2, 0) is 70.0 Å². The average Bonchev–Trinajstić information content (AvgIpc) is 1.66. The molecule has 16 rings (SSSR count). The van der Waals surface area contributed by atoms with Gasteiger partial charge in [0.2, 0.25) is 0 Å². The maximum atomic E-state index is 14.3. The normalized spacial score (nSPS) is 15.2. The fraction of sp³-hybridized carbons (Fsp3) is 0.485. The summed E-state index contributed by atoms with van der Waals surface area (Å²) >= 11 is 18.9. The first-order valence-corrected chi connectivity index (χ1v) is 50.9. The highest BCUT2D eigenvalue weighted by molar-refractivity contribution is 6.32. The van der Waals surface area contributed by atoms with Crippen LogP contribution in [0.5, 0.6) is 0 Å². The topological polar surface area (TPSA) is 290 Å². The third-order valence-electron chi connectivity index (χ3n) is 26.4. The second kappa shape index (κ2) is 54.3. The molecule has 0 unspecified atom stereocenters. The standard InChI is InChI=1S/2C21H26ClF3N4O.C21H22F4N4O.C21H25F3N6O.C19H24ClF3N4O/c1-15-7-6-8-16(19(15)22)14-29(12-11-28-9-4-2-3-5-10-28)20(30)17-13-18(27-26-17)21(23,24)25;1-15-6-7-16(17(22)12-15)14-29(11-10-28-8-4-2-3-5-9-28)20(30)18-13-19(27-26-18)21(23,24)25;22-16-7-6-14-4-3-5-15(19(14)16)13-29(11-10-28-8-1-2-9-28)20(30)17-12-18(27-26-17)21(23,24)25;22-21(23,24)18-12-17(27-28-18)20(31)30(11-10-29-8-3-1-2-4-9-29)13-15-6-5-7-16-19(15)26-14-25-16;1-3-9-26(4-2)10-11-27(13-14-7-5-6-8-15(14)20)18(28)16-12-17(25-24-16)19(21,22)23/h6-8,13H,2-5,9-12,14H2,1H3,(H,26,27);6-7,12-13H,2-5,8-11,14H2,1H3,(H,26,27);3-5,7,12H,1-2,6,8-11,13H2,(H,26,27);5-7,12,14H,1-4,8-11,13H2,(H,25,26)(H,27,28);5-8,12H,3-4,9-11,13H2,1-2H3,(H,24,25). The number of nitrogens with zero attached hydrogens (tertiary/aromatic N) is 16. The van der Waals surface area contributed by atoms with Crippen LogP contribution in [0.4, 0.5) is 70.2 Å². The fourth-order valence-electron chi connectivity index (χ4n) is 18.1. The minimum atomic E-state index is -4.61. The van der Waals surface area contributed by atoms with E-state index < -0.39 is 88.9 Å². The lowest BCUT2D eigenvalue weighted by Crippen LogP contribution is -2.39. The van der Waals surface area contributed by atoms with Crippen molar-refractivity contribution in [3.8, 4) is 0 Å². The van der Waals surface area contributed by atoms with Crippen molar-refractivity contribution >= 4 is 81.2 Å². The van der Waals surface area contributed by atoms with Crippen LogP contribution < -0.4 is 0 Å². The molecule has 5 amide bonds. The molecule has 4 aliphatic heterocycles. The van der Waals surface area contributed by atoms with Gasteiger partial charge in [-0.1, -0.05) is 166 Å². The van der Waals surface area contributed by atoms with Crippen molar-refractivity contribution in [2.75, 3.05) is 131 Å². The number of carbonyl (C=O) groups excluding carboxylic acids is 5. The van der Waals surface area contributed by atoms with E-state index in [1.54, 1.807) is 47.6 Å². The Labute approximate surface area is 867 Å². The van der Waals surface area contributed by atoms with Gasteiger partial charge in [0.25, 0.3) is 29.5 Å². The first-order chi connectivity index (χ1) is 71.0. The zero-order chi connectivity index (χ0) is 107. The van der Waals surface area contributed by atoms with Crippen molar-refractivity contribution < 1.29 is 94.2 Å². The molecule has 6 N–H and O–H groups in total. The number of halogens is 19. The first kappa shape index (κ1) is 116. The summed E-state index contributed by atoms with van der Waals surface area (Å²) in [5.41, 5.74) is 1.97. The van der Waals surface area contributed by atoms with Crippen molar-refractivity contribution in [2.24, 2.45) is 0 Å². The molecule has 0 atom stereocenters. The Hall–Kier alpha value is -11.7. The van der Waals surface area contributed by atoms with E-state index in [1.807, 2.05) is 107 Å². The number of nitrogens with one attached hydrogen (secondary N) is 6. The molecule has 46 heteroatoms. The number of amides is 5. The van der Waals surface area contributed by atoms with Crippen molar-refractivity contribution in [2.45, 2.75) is 194 Å². The molecule has 0 saturated carbocycles. The van der Waals surface area contributed by atoms with Crippen LogP contribution in [0, 0.1) is 13.8 Å². The predicted octanol–water partition coefficient (Wildman–Crippen LogP) is 22.1. The van der Waals surface area contributed by atoms with Gasteiger partial charge in [0.15, 0.2) is 28.5 Å². The lowest BCUT2D eigenvalue weighted by atomic mass is 10.0. The quantitative estimate of drug-likeness (QED) is 0.0208. The van der Waals surface area contributed by atoms with Crippen LogP contribution in [0.25, 0.3) is 16.9 Å². The molecule has 0 radical (unpaired) electrons. The summed E-state index contributed by atoms with van der Waals surface area (Å²) in [5.74, 6) is -3.14. The number of allylic oxidation sites excluding steroid dienone is 1. The molecule has 11 aromatic rings. The second-order valence-corrected chi connectivity index (χ2v) is 38.6. The predicted molar refractivity (Wildman–Crippen MR) is 534 cm³/mol. The molecular formula is C103H123Cl3F16N22O5. The smallest absolute Gasteiger partial charge is 0.345 e. The van der Waals surface area contributed by atoms with E-state index in [2.05, 4.69) is 66.9 Å². The third-order valence-corrected chi connectivity index (χ3v) is 27.7. The number of fused-ring (bicyclic) bond motifs is 2. The third kappa shape index (κ3) is 34.1. The number of benzene rings is 5. The van der Waals surface area contributed by atoms with E-state index in [0.29, 0.717) is 98.1 Å². The number of likely N-dealkylation sites (tertiary alicyclic amines) is 4. The van der Waals surface area contributed by atoms with Gasteiger partial charge in [-0.05, 0) is 212 Å². The van der Waals surface area contributed by atoms with E-state index in [4.69, 9.17) is 34.8 Å². The summed E-state index contributed by atoms with van der Waals surface area (Å²) in [5, 5.41) is 29.1.